The summed E-state index contributed by atoms with van der Waals surface area (Å²) in [5, 5.41) is 14.4. The molecule has 0 bridgehead atoms. The van der Waals surface area contributed by atoms with Crippen LogP contribution in [0.2, 0.25) is 0 Å². The lowest BCUT2D eigenvalue weighted by molar-refractivity contribution is 0.415. The standard InChI is InChI=1S/C20H23N5O/c1-20(2,3)14-8-10-15(11-9-14)22-18-13-21-25-19(24-18)23-16-6-5-7-17(12-16)26-4/h5-13H,1-4H3,(H2,22,23,24,25). The van der Waals surface area contributed by atoms with Crippen LogP contribution in [0.3, 0.4) is 0 Å². The van der Waals surface area contributed by atoms with E-state index in [-0.39, 0.29) is 5.41 Å². The molecule has 0 saturated carbocycles. The number of hydrogen-bond donors (Lipinski definition) is 2. The molecule has 2 aromatic carbocycles. The van der Waals surface area contributed by atoms with Crippen molar-refractivity contribution in [2.24, 2.45) is 0 Å². The van der Waals surface area contributed by atoms with Gasteiger partial charge in [0.25, 0.3) is 0 Å². The number of hydrogen-bond acceptors (Lipinski definition) is 6. The van der Waals surface area contributed by atoms with Crippen LogP contribution in [0.1, 0.15) is 26.3 Å². The Morgan fingerprint density at radius 3 is 2.38 bits per heavy atom. The zero-order valence-corrected chi connectivity index (χ0v) is 15.4. The van der Waals surface area contributed by atoms with E-state index in [2.05, 4.69) is 58.7 Å². The molecule has 0 amide bonds. The monoisotopic (exact) mass is 349 g/mol. The van der Waals surface area contributed by atoms with Crippen LogP contribution in [0.25, 0.3) is 0 Å². The van der Waals surface area contributed by atoms with E-state index in [9.17, 15) is 0 Å². The predicted molar refractivity (Wildman–Crippen MR) is 105 cm³/mol. The molecule has 6 heteroatoms. The molecule has 1 aromatic heterocycles. The first-order chi connectivity index (χ1) is 12.4. The highest BCUT2D eigenvalue weighted by Gasteiger charge is 2.13. The quantitative estimate of drug-likeness (QED) is 0.698. The topological polar surface area (TPSA) is 72.0 Å². The molecule has 6 nitrogen and oxygen atoms in total. The Balaban J connectivity index is 1.73. The molecule has 0 spiro atoms. The van der Waals surface area contributed by atoms with Gasteiger partial charge >= 0.3 is 0 Å². The van der Waals surface area contributed by atoms with Crippen molar-refractivity contribution in [3.63, 3.8) is 0 Å². The van der Waals surface area contributed by atoms with E-state index < -0.39 is 0 Å². The number of nitrogens with zero attached hydrogens (tertiary/aromatic N) is 3. The average molecular weight is 349 g/mol. The molecule has 2 N–H and O–H groups in total. The maximum atomic E-state index is 5.22. The van der Waals surface area contributed by atoms with Crippen molar-refractivity contribution >= 4 is 23.1 Å². The van der Waals surface area contributed by atoms with Crippen LogP contribution < -0.4 is 15.4 Å². The van der Waals surface area contributed by atoms with Gasteiger partial charge in [-0.2, -0.15) is 10.1 Å². The van der Waals surface area contributed by atoms with E-state index in [0.717, 1.165) is 17.1 Å². The summed E-state index contributed by atoms with van der Waals surface area (Å²) in [6.45, 7) is 6.58. The van der Waals surface area contributed by atoms with Gasteiger partial charge in [-0.1, -0.05) is 39.0 Å². The van der Waals surface area contributed by atoms with Gasteiger partial charge in [0.05, 0.1) is 13.3 Å². The van der Waals surface area contributed by atoms with Crippen LogP contribution in [0.4, 0.5) is 23.1 Å². The van der Waals surface area contributed by atoms with Crippen molar-refractivity contribution in [3.05, 3.63) is 60.3 Å². The van der Waals surface area contributed by atoms with E-state index in [4.69, 9.17) is 4.74 Å². The van der Waals surface area contributed by atoms with Crippen molar-refractivity contribution in [2.45, 2.75) is 26.2 Å². The third kappa shape index (κ3) is 4.47. The molecule has 134 valence electrons. The Hall–Kier alpha value is -3.15. The minimum atomic E-state index is 0.128. The summed E-state index contributed by atoms with van der Waals surface area (Å²) in [6.07, 6.45) is 1.59. The summed E-state index contributed by atoms with van der Waals surface area (Å²) in [4.78, 5) is 4.45. The number of ether oxygens (including phenoxy) is 1. The van der Waals surface area contributed by atoms with Crippen LogP contribution in [0.15, 0.2) is 54.7 Å². The Kier molecular flexibility index (Phi) is 5.02. The second kappa shape index (κ2) is 7.39. The lowest BCUT2D eigenvalue weighted by Crippen LogP contribution is -2.10. The number of benzene rings is 2. The van der Waals surface area contributed by atoms with E-state index in [1.807, 2.05) is 36.4 Å². The predicted octanol–water partition coefficient (Wildman–Crippen LogP) is 4.66. The Morgan fingerprint density at radius 2 is 1.69 bits per heavy atom. The van der Waals surface area contributed by atoms with Gasteiger partial charge in [-0.05, 0) is 35.2 Å². The first-order valence-electron chi connectivity index (χ1n) is 8.42. The molecule has 0 fully saturated rings. The molecule has 0 atom stereocenters. The smallest absolute Gasteiger partial charge is 0.249 e. The zero-order valence-electron chi connectivity index (χ0n) is 15.4. The first-order valence-corrected chi connectivity index (χ1v) is 8.42. The molecular formula is C20H23N5O. The molecule has 0 radical (unpaired) electrons. The third-order valence-corrected chi connectivity index (χ3v) is 3.91. The normalized spacial score (nSPS) is 11.1. The van der Waals surface area contributed by atoms with Crippen molar-refractivity contribution in [1.29, 1.82) is 0 Å². The average Bonchev–Trinajstić information content (AvgIpc) is 2.62. The largest absolute Gasteiger partial charge is 0.497 e. The van der Waals surface area contributed by atoms with Crippen molar-refractivity contribution in [2.75, 3.05) is 17.7 Å². The summed E-state index contributed by atoms with van der Waals surface area (Å²) in [6, 6.07) is 15.9. The second-order valence-electron chi connectivity index (χ2n) is 6.97. The van der Waals surface area contributed by atoms with Crippen molar-refractivity contribution in [1.82, 2.24) is 15.2 Å². The van der Waals surface area contributed by atoms with Gasteiger partial charge in [0.2, 0.25) is 5.95 Å². The number of methoxy groups -OCH3 is 1. The van der Waals surface area contributed by atoms with Crippen molar-refractivity contribution < 1.29 is 4.74 Å². The summed E-state index contributed by atoms with van der Waals surface area (Å²) >= 11 is 0. The van der Waals surface area contributed by atoms with Gasteiger partial charge in [-0.3, -0.25) is 0 Å². The molecule has 0 unspecified atom stereocenters. The van der Waals surface area contributed by atoms with Crippen molar-refractivity contribution in [3.8, 4) is 5.75 Å². The molecule has 26 heavy (non-hydrogen) atoms. The molecule has 1 heterocycles. The Labute approximate surface area is 153 Å². The summed E-state index contributed by atoms with van der Waals surface area (Å²) in [7, 11) is 1.63. The van der Waals surface area contributed by atoms with Gasteiger partial charge in [-0.15, -0.1) is 5.10 Å². The maximum absolute atomic E-state index is 5.22. The van der Waals surface area contributed by atoms with Gasteiger partial charge < -0.3 is 15.4 Å². The molecule has 0 saturated heterocycles. The third-order valence-electron chi connectivity index (χ3n) is 3.91. The minimum absolute atomic E-state index is 0.128. The number of anilines is 4. The van der Waals surface area contributed by atoms with E-state index in [0.29, 0.717) is 11.8 Å². The highest BCUT2D eigenvalue weighted by Crippen LogP contribution is 2.25. The fourth-order valence-corrected chi connectivity index (χ4v) is 2.45. The Bertz CT molecular complexity index is 872. The van der Waals surface area contributed by atoms with Crippen LogP contribution in [0, 0.1) is 0 Å². The molecule has 3 aromatic rings. The van der Waals surface area contributed by atoms with E-state index in [1.165, 1.54) is 5.56 Å². The Morgan fingerprint density at radius 1 is 0.923 bits per heavy atom. The van der Waals surface area contributed by atoms with Crippen LogP contribution in [-0.2, 0) is 5.41 Å². The van der Waals surface area contributed by atoms with E-state index >= 15 is 0 Å². The fourth-order valence-electron chi connectivity index (χ4n) is 2.45. The van der Waals surface area contributed by atoms with Gasteiger partial charge in [0.15, 0.2) is 5.82 Å². The van der Waals surface area contributed by atoms with E-state index in [1.54, 1.807) is 13.3 Å². The van der Waals surface area contributed by atoms with Crippen LogP contribution in [0.5, 0.6) is 5.75 Å². The minimum Gasteiger partial charge on any atom is -0.497 e. The summed E-state index contributed by atoms with van der Waals surface area (Å²) in [5.74, 6) is 1.79. The summed E-state index contributed by atoms with van der Waals surface area (Å²) in [5.41, 5.74) is 3.19. The molecule has 3 rings (SSSR count). The number of rotatable bonds is 5. The molecule has 0 aliphatic heterocycles. The van der Waals surface area contributed by atoms with Crippen LogP contribution in [-0.4, -0.2) is 22.3 Å². The highest BCUT2D eigenvalue weighted by molar-refractivity contribution is 5.59. The molecular weight excluding hydrogens is 326 g/mol. The molecule has 0 aliphatic rings. The van der Waals surface area contributed by atoms with Gasteiger partial charge in [-0.25, -0.2) is 0 Å². The van der Waals surface area contributed by atoms with Gasteiger partial charge in [0, 0.05) is 17.4 Å². The maximum Gasteiger partial charge on any atom is 0.249 e. The zero-order chi connectivity index (χ0) is 18.6. The lowest BCUT2D eigenvalue weighted by Gasteiger charge is -2.19. The fraction of sp³-hybridized carbons (Fsp3) is 0.250. The first kappa shape index (κ1) is 17.7. The molecule has 0 aliphatic carbocycles. The number of nitrogens with one attached hydrogen (secondary N) is 2. The lowest BCUT2D eigenvalue weighted by atomic mass is 9.87. The second-order valence-corrected chi connectivity index (χ2v) is 6.97. The van der Waals surface area contributed by atoms with Gasteiger partial charge in [0.1, 0.15) is 5.75 Å². The summed E-state index contributed by atoms with van der Waals surface area (Å²) < 4.78 is 5.22. The van der Waals surface area contributed by atoms with Crippen LogP contribution >= 0.6 is 0 Å². The highest BCUT2D eigenvalue weighted by atomic mass is 16.5. The SMILES string of the molecule is COc1cccc(Nc2nncc(Nc3ccc(C(C)(C)C)cc3)n2)c1. The number of aromatic nitrogens is 3.